The Morgan fingerprint density at radius 3 is 2.57 bits per heavy atom. The van der Waals surface area contributed by atoms with E-state index in [1.54, 1.807) is 29.9 Å². The van der Waals surface area contributed by atoms with Gasteiger partial charge in [-0.2, -0.15) is 5.10 Å². The molecule has 0 fully saturated rings. The first kappa shape index (κ1) is 20.3. The highest BCUT2D eigenvalue weighted by atomic mass is 32.2. The van der Waals surface area contributed by atoms with Crippen molar-refractivity contribution in [2.45, 2.75) is 25.7 Å². The second-order valence-corrected chi connectivity index (χ2v) is 9.38. The third-order valence-electron chi connectivity index (χ3n) is 5.38. The van der Waals surface area contributed by atoms with Crippen LogP contribution in [0.5, 0.6) is 0 Å². The van der Waals surface area contributed by atoms with E-state index in [4.69, 9.17) is 0 Å². The predicted molar refractivity (Wildman–Crippen MR) is 114 cm³/mol. The zero-order valence-corrected chi connectivity index (χ0v) is 17.7. The Labute approximate surface area is 174 Å². The maximum absolute atomic E-state index is 13.4. The Bertz CT molecular complexity index is 1220. The van der Waals surface area contributed by atoms with Crippen LogP contribution in [0, 0.1) is 5.82 Å². The van der Waals surface area contributed by atoms with Crippen molar-refractivity contribution in [3.8, 4) is 11.3 Å². The summed E-state index contributed by atoms with van der Waals surface area (Å²) in [6.07, 6.45) is 6.24. The minimum atomic E-state index is -3.46. The molecule has 0 saturated heterocycles. The lowest BCUT2D eigenvalue weighted by molar-refractivity contribution is 0.0965. The number of nitrogens with zero attached hydrogens (tertiary/aromatic N) is 3. The first-order valence-electron chi connectivity index (χ1n) is 9.80. The highest BCUT2D eigenvalue weighted by Crippen LogP contribution is 2.33. The van der Waals surface area contributed by atoms with Gasteiger partial charge in [-0.25, -0.2) is 17.3 Å². The maximum Gasteiger partial charge on any atom is 0.255 e. The average Bonchev–Trinajstić information content (AvgIpc) is 3.05. The summed E-state index contributed by atoms with van der Waals surface area (Å²) in [6.45, 7) is 0.408. The summed E-state index contributed by atoms with van der Waals surface area (Å²) in [5, 5.41) is 7.22. The number of carbonyl (C=O) groups excluding carboxylic acids is 1. The van der Waals surface area contributed by atoms with Crippen LogP contribution in [0.25, 0.3) is 16.8 Å². The number of benzene rings is 1. The molecule has 9 heteroatoms. The lowest BCUT2D eigenvalue weighted by Gasteiger charge is -2.27. The summed E-state index contributed by atoms with van der Waals surface area (Å²) in [5.41, 5.74) is 3.43. The molecule has 1 aliphatic rings. The quantitative estimate of drug-likeness (QED) is 0.692. The highest BCUT2D eigenvalue weighted by Gasteiger charge is 2.26. The molecule has 1 aromatic carbocycles. The zero-order chi connectivity index (χ0) is 21.5. The van der Waals surface area contributed by atoms with Gasteiger partial charge in [0.2, 0.25) is 10.0 Å². The fourth-order valence-electron chi connectivity index (χ4n) is 3.92. The standard InChI is InChI=1S/C21H23FN4O3S/c1-23-21(27)19-17-12-15-6-4-3-5-11-26(30(2,28)29)18(15)13-25(17)24-20(19)14-7-9-16(22)10-8-14/h7-10,12-13H,3-6,11H2,1-2H3,(H,23,27). The minimum absolute atomic E-state index is 0.310. The Morgan fingerprint density at radius 1 is 1.17 bits per heavy atom. The third kappa shape index (κ3) is 3.65. The topological polar surface area (TPSA) is 83.8 Å². The van der Waals surface area contributed by atoms with E-state index in [2.05, 4.69) is 10.4 Å². The van der Waals surface area contributed by atoms with Crippen molar-refractivity contribution in [2.24, 2.45) is 0 Å². The summed E-state index contributed by atoms with van der Waals surface area (Å²) in [6, 6.07) is 7.63. The van der Waals surface area contributed by atoms with Crippen LogP contribution in [0.15, 0.2) is 36.5 Å². The van der Waals surface area contributed by atoms with Crippen LogP contribution in [0.1, 0.15) is 35.2 Å². The second-order valence-electron chi connectivity index (χ2n) is 7.47. The number of aryl methyl sites for hydroxylation is 1. The molecule has 3 heterocycles. The van der Waals surface area contributed by atoms with Crippen LogP contribution in [0.4, 0.5) is 10.1 Å². The van der Waals surface area contributed by atoms with Gasteiger partial charge in [-0.15, -0.1) is 0 Å². The first-order chi connectivity index (χ1) is 14.3. The number of rotatable bonds is 3. The summed E-state index contributed by atoms with van der Waals surface area (Å²) in [7, 11) is -1.92. The van der Waals surface area contributed by atoms with Crippen LogP contribution in [0.3, 0.4) is 0 Å². The van der Waals surface area contributed by atoms with Crippen LogP contribution < -0.4 is 9.62 Å². The molecule has 1 N–H and O–H groups in total. The average molecular weight is 431 g/mol. The number of pyridine rings is 1. The molecule has 0 aliphatic carbocycles. The van der Waals surface area contributed by atoms with Crippen LogP contribution in [-0.2, 0) is 16.4 Å². The second kappa shape index (κ2) is 7.71. The Morgan fingerprint density at radius 2 is 1.90 bits per heavy atom. The number of hydrogen-bond donors (Lipinski definition) is 1. The predicted octanol–water partition coefficient (Wildman–Crippen LogP) is 2.99. The summed E-state index contributed by atoms with van der Waals surface area (Å²) < 4.78 is 41.2. The van der Waals surface area contributed by atoms with Gasteiger partial charge in [-0.3, -0.25) is 9.10 Å². The number of halogens is 1. The number of sulfonamides is 1. The normalized spacial score (nSPS) is 14.8. The van der Waals surface area contributed by atoms with E-state index < -0.39 is 10.0 Å². The van der Waals surface area contributed by atoms with Crippen molar-refractivity contribution in [1.29, 1.82) is 0 Å². The molecule has 30 heavy (non-hydrogen) atoms. The number of anilines is 1. The van der Waals surface area contributed by atoms with Gasteiger partial charge in [0.15, 0.2) is 0 Å². The fourth-order valence-corrected chi connectivity index (χ4v) is 4.90. The van der Waals surface area contributed by atoms with Crippen LogP contribution in [-0.4, -0.2) is 43.8 Å². The number of fused-ring (bicyclic) bond motifs is 2. The van der Waals surface area contributed by atoms with Gasteiger partial charge in [0.05, 0.1) is 29.2 Å². The van der Waals surface area contributed by atoms with Gasteiger partial charge in [-0.05, 0) is 55.2 Å². The molecule has 1 aliphatic heterocycles. The largest absolute Gasteiger partial charge is 0.355 e. The van der Waals surface area contributed by atoms with Crippen molar-refractivity contribution in [2.75, 3.05) is 24.2 Å². The molecule has 1 amide bonds. The molecular formula is C21H23FN4O3S. The smallest absolute Gasteiger partial charge is 0.255 e. The SMILES string of the molecule is CNC(=O)c1c(-c2ccc(F)cc2)nn2cc3c(cc12)CCCCCN3S(C)(=O)=O. The summed E-state index contributed by atoms with van der Waals surface area (Å²) in [5.74, 6) is -0.689. The lowest BCUT2D eigenvalue weighted by Crippen LogP contribution is -2.32. The van der Waals surface area contributed by atoms with Gasteiger partial charge in [-0.1, -0.05) is 6.42 Å². The van der Waals surface area contributed by atoms with E-state index in [0.717, 1.165) is 24.8 Å². The van der Waals surface area contributed by atoms with E-state index in [1.807, 2.05) is 6.07 Å². The van der Waals surface area contributed by atoms with Gasteiger partial charge in [0, 0.05) is 19.2 Å². The molecule has 7 nitrogen and oxygen atoms in total. The monoisotopic (exact) mass is 430 g/mol. The van der Waals surface area contributed by atoms with Crippen molar-refractivity contribution >= 4 is 27.1 Å². The molecular weight excluding hydrogens is 407 g/mol. The van der Waals surface area contributed by atoms with E-state index in [9.17, 15) is 17.6 Å². The molecule has 3 aromatic rings. The Hall–Kier alpha value is -2.94. The number of amides is 1. The molecule has 0 atom stereocenters. The highest BCUT2D eigenvalue weighted by molar-refractivity contribution is 7.92. The minimum Gasteiger partial charge on any atom is -0.355 e. The third-order valence-corrected chi connectivity index (χ3v) is 6.56. The molecule has 158 valence electrons. The van der Waals surface area contributed by atoms with Gasteiger partial charge in [0.25, 0.3) is 5.91 Å². The van der Waals surface area contributed by atoms with Gasteiger partial charge < -0.3 is 5.32 Å². The molecule has 2 aromatic heterocycles. The van der Waals surface area contributed by atoms with Crippen LogP contribution >= 0.6 is 0 Å². The summed E-state index contributed by atoms with van der Waals surface area (Å²) in [4.78, 5) is 12.7. The Balaban J connectivity index is 1.99. The molecule has 0 radical (unpaired) electrons. The van der Waals surface area contributed by atoms with Crippen molar-refractivity contribution in [1.82, 2.24) is 14.9 Å². The van der Waals surface area contributed by atoms with E-state index in [0.29, 0.717) is 41.0 Å². The number of hydrogen-bond acceptors (Lipinski definition) is 4. The molecule has 0 bridgehead atoms. The van der Waals surface area contributed by atoms with Crippen LogP contribution in [0.2, 0.25) is 0 Å². The molecule has 0 spiro atoms. The zero-order valence-electron chi connectivity index (χ0n) is 16.9. The number of nitrogens with one attached hydrogen (secondary N) is 1. The summed E-state index contributed by atoms with van der Waals surface area (Å²) >= 11 is 0. The lowest BCUT2D eigenvalue weighted by atomic mass is 10.0. The number of aromatic nitrogens is 2. The van der Waals surface area contributed by atoms with E-state index >= 15 is 0 Å². The fraction of sp³-hybridized carbons (Fsp3) is 0.333. The van der Waals surface area contributed by atoms with Crippen molar-refractivity contribution < 1.29 is 17.6 Å². The molecule has 0 unspecified atom stereocenters. The maximum atomic E-state index is 13.4. The van der Waals surface area contributed by atoms with E-state index in [1.165, 1.54) is 22.7 Å². The molecule has 0 saturated carbocycles. The van der Waals surface area contributed by atoms with Gasteiger partial charge >= 0.3 is 0 Å². The molecule has 4 rings (SSSR count). The van der Waals surface area contributed by atoms with Crippen molar-refractivity contribution in [3.05, 3.63) is 53.5 Å². The first-order valence-corrected chi connectivity index (χ1v) is 11.7. The van der Waals surface area contributed by atoms with E-state index in [-0.39, 0.29) is 11.7 Å². The Kier molecular flexibility index (Phi) is 5.23. The van der Waals surface area contributed by atoms with Gasteiger partial charge in [0.1, 0.15) is 11.5 Å². The number of carbonyl (C=O) groups is 1. The van der Waals surface area contributed by atoms with Crippen molar-refractivity contribution in [3.63, 3.8) is 0 Å².